The van der Waals surface area contributed by atoms with Crippen LogP contribution in [0.5, 0.6) is 0 Å². The highest BCUT2D eigenvalue weighted by atomic mass is 16.3. The third kappa shape index (κ3) is 5.24. The van der Waals surface area contributed by atoms with Crippen LogP contribution in [0.2, 0.25) is 0 Å². The molecule has 1 heterocycles. The molecule has 0 aromatic heterocycles. The Morgan fingerprint density at radius 3 is 2.36 bits per heavy atom. The first kappa shape index (κ1) is 17.7. The number of amides is 1. The van der Waals surface area contributed by atoms with Gasteiger partial charge >= 0.3 is 0 Å². The summed E-state index contributed by atoms with van der Waals surface area (Å²) in [5.74, 6) is 1.02. The largest absolute Gasteiger partial charge is 0.396 e. The number of carbonyl (C=O) groups is 1. The van der Waals surface area contributed by atoms with Gasteiger partial charge in [0.1, 0.15) is 0 Å². The molecule has 0 bridgehead atoms. The van der Waals surface area contributed by atoms with Gasteiger partial charge in [-0.15, -0.1) is 0 Å². The SMILES string of the molecule is CC1(C)CC(CC(=O)N[C@H]2CCC[C@@H](CO)C2)CC(C)(C)N1. The summed E-state index contributed by atoms with van der Waals surface area (Å²) in [4.78, 5) is 12.4. The molecule has 1 saturated heterocycles. The normalized spacial score (nSPS) is 31.7. The molecule has 0 radical (unpaired) electrons. The van der Waals surface area contributed by atoms with E-state index in [4.69, 9.17) is 0 Å². The van der Waals surface area contributed by atoms with Crippen LogP contribution in [-0.4, -0.2) is 34.7 Å². The van der Waals surface area contributed by atoms with Crippen LogP contribution in [0.15, 0.2) is 0 Å². The second-order valence-corrected chi connectivity index (χ2v) is 8.85. The number of aliphatic hydroxyl groups excluding tert-OH is 1. The van der Waals surface area contributed by atoms with E-state index in [1.807, 2.05) is 0 Å². The summed E-state index contributed by atoms with van der Waals surface area (Å²) in [5.41, 5.74) is 0.193. The molecule has 1 aliphatic carbocycles. The van der Waals surface area contributed by atoms with Gasteiger partial charge in [-0.05, 0) is 71.6 Å². The molecule has 1 saturated carbocycles. The van der Waals surface area contributed by atoms with Crippen molar-refractivity contribution in [2.24, 2.45) is 11.8 Å². The fourth-order valence-electron chi connectivity index (χ4n) is 4.81. The van der Waals surface area contributed by atoms with E-state index >= 15 is 0 Å². The summed E-state index contributed by atoms with van der Waals surface area (Å²) in [5, 5.41) is 16.2. The molecule has 2 fully saturated rings. The van der Waals surface area contributed by atoms with E-state index in [1.165, 1.54) is 0 Å². The summed E-state index contributed by atoms with van der Waals surface area (Å²) >= 11 is 0. The Morgan fingerprint density at radius 1 is 1.14 bits per heavy atom. The molecule has 2 atom stereocenters. The van der Waals surface area contributed by atoms with Gasteiger partial charge in [0.15, 0.2) is 0 Å². The van der Waals surface area contributed by atoms with Gasteiger partial charge in [0, 0.05) is 30.1 Å². The van der Waals surface area contributed by atoms with Crippen LogP contribution in [0.4, 0.5) is 0 Å². The summed E-state index contributed by atoms with van der Waals surface area (Å²) in [6, 6.07) is 0.265. The third-order valence-electron chi connectivity index (χ3n) is 5.15. The lowest BCUT2D eigenvalue weighted by Gasteiger charge is -2.46. The first-order chi connectivity index (χ1) is 10.2. The highest BCUT2D eigenvalue weighted by Gasteiger charge is 2.38. The van der Waals surface area contributed by atoms with E-state index in [1.54, 1.807) is 0 Å². The Bertz CT molecular complexity index is 377. The molecule has 2 aliphatic rings. The van der Waals surface area contributed by atoms with Gasteiger partial charge in [-0.1, -0.05) is 6.42 Å². The van der Waals surface area contributed by atoms with Crippen molar-refractivity contribution in [3.8, 4) is 0 Å². The van der Waals surface area contributed by atoms with Crippen molar-refractivity contribution < 1.29 is 9.90 Å². The molecule has 1 amide bonds. The maximum atomic E-state index is 12.4. The number of piperidine rings is 1. The Labute approximate surface area is 135 Å². The van der Waals surface area contributed by atoms with Crippen molar-refractivity contribution in [1.82, 2.24) is 10.6 Å². The molecule has 0 spiro atoms. The summed E-state index contributed by atoms with van der Waals surface area (Å²) in [7, 11) is 0. The minimum Gasteiger partial charge on any atom is -0.396 e. The van der Waals surface area contributed by atoms with Crippen LogP contribution < -0.4 is 10.6 Å². The number of rotatable bonds is 4. The van der Waals surface area contributed by atoms with Crippen LogP contribution in [0.25, 0.3) is 0 Å². The quantitative estimate of drug-likeness (QED) is 0.748. The van der Waals surface area contributed by atoms with Crippen molar-refractivity contribution in [2.75, 3.05) is 6.61 Å². The van der Waals surface area contributed by atoms with Gasteiger partial charge in [0.25, 0.3) is 0 Å². The lowest BCUT2D eigenvalue weighted by Crippen LogP contribution is -2.58. The first-order valence-corrected chi connectivity index (χ1v) is 8.89. The monoisotopic (exact) mass is 310 g/mol. The number of nitrogens with one attached hydrogen (secondary N) is 2. The Balaban J connectivity index is 1.83. The van der Waals surface area contributed by atoms with Gasteiger partial charge in [0.05, 0.1) is 0 Å². The van der Waals surface area contributed by atoms with Crippen LogP contribution in [0.3, 0.4) is 0 Å². The van der Waals surface area contributed by atoms with E-state index in [9.17, 15) is 9.90 Å². The fraction of sp³-hybridized carbons (Fsp3) is 0.944. The van der Waals surface area contributed by atoms with Crippen molar-refractivity contribution in [3.63, 3.8) is 0 Å². The second-order valence-electron chi connectivity index (χ2n) is 8.85. The summed E-state index contributed by atoms with van der Waals surface area (Å²) in [6.45, 7) is 9.16. The molecule has 0 aromatic rings. The van der Waals surface area contributed by atoms with E-state index in [2.05, 4.69) is 38.3 Å². The number of hydrogen-bond donors (Lipinski definition) is 3. The maximum Gasteiger partial charge on any atom is 0.220 e. The average Bonchev–Trinajstić information content (AvgIpc) is 2.34. The van der Waals surface area contributed by atoms with Crippen LogP contribution in [0, 0.1) is 11.8 Å². The van der Waals surface area contributed by atoms with Crippen molar-refractivity contribution in [1.29, 1.82) is 0 Å². The fourth-order valence-corrected chi connectivity index (χ4v) is 4.81. The van der Waals surface area contributed by atoms with Gasteiger partial charge in [-0.25, -0.2) is 0 Å². The topological polar surface area (TPSA) is 61.4 Å². The molecular formula is C18H34N2O2. The third-order valence-corrected chi connectivity index (χ3v) is 5.15. The lowest BCUT2D eigenvalue weighted by molar-refractivity contribution is -0.123. The Hall–Kier alpha value is -0.610. The lowest BCUT2D eigenvalue weighted by atomic mass is 9.74. The van der Waals surface area contributed by atoms with Crippen LogP contribution in [0.1, 0.15) is 72.6 Å². The molecular weight excluding hydrogens is 276 g/mol. The second kappa shape index (κ2) is 6.88. The molecule has 128 valence electrons. The zero-order valence-corrected chi connectivity index (χ0v) is 14.7. The van der Waals surface area contributed by atoms with Crippen molar-refractivity contribution in [3.05, 3.63) is 0 Å². The summed E-state index contributed by atoms with van der Waals surface area (Å²) < 4.78 is 0. The highest BCUT2D eigenvalue weighted by molar-refractivity contribution is 5.76. The molecule has 3 N–H and O–H groups in total. The van der Waals surface area contributed by atoms with Gasteiger partial charge < -0.3 is 15.7 Å². The maximum absolute atomic E-state index is 12.4. The molecule has 0 unspecified atom stereocenters. The number of hydrogen-bond acceptors (Lipinski definition) is 3. The molecule has 4 nitrogen and oxygen atoms in total. The molecule has 2 rings (SSSR count). The minimum absolute atomic E-state index is 0.0967. The Kier molecular flexibility index (Phi) is 5.54. The molecule has 1 aliphatic heterocycles. The van der Waals surface area contributed by atoms with E-state index in [0.717, 1.165) is 38.5 Å². The van der Waals surface area contributed by atoms with Crippen molar-refractivity contribution in [2.45, 2.75) is 89.8 Å². The standard InChI is InChI=1S/C18H34N2O2/c1-17(2)10-14(11-18(3,4)20-17)9-16(22)19-15-7-5-6-13(8-15)12-21/h13-15,20-21H,5-12H2,1-4H3,(H,19,22)/t13-,15+/m1/s1. The minimum atomic E-state index is 0.0967. The van der Waals surface area contributed by atoms with E-state index < -0.39 is 0 Å². The molecule has 4 heteroatoms. The predicted octanol–water partition coefficient (Wildman–Crippen LogP) is 2.60. The average molecular weight is 310 g/mol. The van der Waals surface area contributed by atoms with Crippen LogP contribution in [-0.2, 0) is 4.79 Å². The van der Waals surface area contributed by atoms with Gasteiger partial charge in [-0.3, -0.25) is 4.79 Å². The highest BCUT2D eigenvalue weighted by Crippen LogP contribution is 2.34. The Morgan fingerprint density at radius 2 is 1.77 bits per heavy atom. The van der Waals surface area contributed by atoms with Crippen LogP contribution >= 0.6 is 0 Å². The molecule has 22 heavy (non-hydrogen) atoms. The zero-order valence-electron chi connectivity index (χ0n) is 14.7. The van der Waals surface area contributed by atoms with Gasteiger partial charge in [-0.2, -0.15) is 0 Å². The predicted molar refractivity (Wildman–Crippen MR) is 89.6 cm³/mol. The van der Waals surface area contributed by atoms with E-state index in [0.29, 0.717) is 18.3 Å². The smallest absolute Gasteiger partial charge is 0.220 e. The molecule has 0 aromatic carbocycles. The van der Waals surface area contributed by atoms with E-state index in [-0.39, 0.29) is 29.6 Å². The number of carbonyl (C=O) groups excluding carboxylic acids is 1. The zero-order chi connectivity index (χ0) is 16.4. The first-order valence-electron chi connectivity index (χ1n) is 8.89. The summed E-state index contributed by atoms with van der Waals surface area (Å²) in [6.07, 6.45) is 6.94. The van der Waals surface area contributed by atoms with Gasteiger partial charge in [0.2, 0.25) is 5.91 Å². The number of aliphatic hydroxyl groups is 1. The van der Waals surface area contributed by atoms with Crippen molar-refractivity contribution >= 4 is 5.91 Å².